The van der Waals surface area contributed by atoms with Crippen LogP contribution in [0.15, 0.2) is 47.3 Å². The van der Waals surface area contributed by atoms with Gasteiger partial charge in [0.2, 0.25) is 0 Å². The first-order valence-corrected chi connectivity index (χ1v) is 12.1. The van der Waals surface area contributed by atoms with E-state index in [1.165, 1.54) is 12.1 Å². The van der Waals surface area contributed by atoms with Gasteiger partial charge in [0.15, 0.2) is 6.61 Å². The molecule has 35 heavy (non-hydrogen) atoms. The molecule has 3 aromatic rings. The molecule has 0 spiro atoms. The van der Waals surface area contributed by atoms with Crippen LogP contribution in [0.3, 0.4) is 0 Å². The van der Waals surface area contributed by atoms with Crippen LogP contribution in [-0.2, 0) is 35.1 Å². The Morgan fingerprint density at radius 2 is 1.80 bits per heavy atom. The summed E-state index contributed by atoms with van der Waals surface area (Å²) in [5.74, 6) is 0.677. The first kappa shape index (κ1) is 26.8. The maximum absolute atomic E-state index is 12.9. The predicted octanol–water partition coefficient (Wildman–Crippen LogP) is 4.79. The highest BCUT2D eigenvalue weighted by atomic mass is 127. The minimum atomic E-state index is -4.45. The molecule has 1 aromatic heterocycles. The van der Waals surface area contributed by atoms with E-state index in [4.69, 9.17) is 9.47 Å². The number of benzene rings is 2. The van der Waals surface area contributed by atoms with Gasteiger partial charge in [0, 0.05) is 13.0 Å². The third kappa shape index (κ3) is 6.86. The minimum absolute atomic E-state index is 0.173. The van der Waals surface area contributed by atoms with E-state index in [9.17, 15) is 22.8 Å². The van der Waals surface area contributed by atoms with Crippen molar-refractivity contribution in [1.82, 2.24) is 14.3 Å². The van der Waals surface area contributed by atoms with Crippen LogP contribution in [0.25, 0.3) is 5.69 Å². The Morgan fingerprint density at radius 1 is 1.09 bits per heavy atom. The average Bonchev–Trinajstić information content (AvgIpc) is 3.12. The van der Waals surface area contributed by atoms with Crippen molar-refractivity contribution < 1.29 is 27.4 Å². The number of esters is 1. The molecule has 0 unspecified atom stereocenters. The number of nitrogens with zero attached hydrogens (tertiary/aromatic N) is 3. The Bertz CT molecular complexity index is 1220. The standard InChI is InChI=1S/C24H25F3IN3O4/c1-3-13-30-21(29-31(23(30)33)18-9-7-17(8-10-18)24(25,26)27)12-6-16-5-11-20(19(28)14-16)35-15-22(32)34-4-2/h5,7-11,14H,3-4,6,12-13,15H2,1-2H3. The lowest BCUT2D eigenvalue weighted by molar-refractivity contribution is -0.145. The highest BCUT2D eigenvalue weighted by Gasteiger charge is 2.30. The van der Waals surface area contributed by atoms with Crippen molar-refractivity contribution in [3.8, 4) is 11.4 Å². The molecule has 0 amide bonds. The number of hydrogen-bond donors (Lipinski definition) is 0. The molecule has 3 rings (SSSR count). The summed E-state index contributed by atoms with van der Waals surface area (Å²) in [7, 11) is 0. The zero-order chi connectivity index (χ0) is 25.6. The van der Waals surface area contributed by atoms with Crippen LogP contribution in [0.5, 0.6) is 5.75 Å². The third-order valence-electron chi connectivity index (χ3n) is 5.11. The fraction of sp³-hybridized carbons (Fsp3) is 0.375. The van der Waals surface area contributed by atoms with E-state index in [2.05, 4.69) is 27.7 Å². The average molecular weight is 603 g/mol. The van der Waals surface area contributed by atoms with Crippen LogP contribution in [0.2, 0.25) is 0 Å². The van der Waals surface area contributed by atoms with Gasteiger partial charge in [-0.05, 0) is 84.3 Å². The summed E-state index contributed by atoms with van der Waals surface area (Å²) in [6.07, 6.45) is -2.70. The van der Waals surface area contributed by atoms with Gasteiger partial charge < -0.3 is 9.47 Å². The second kappa shape index (κ2) is 11.7. The van der Waals surface area contributed by atoms with Crippen LogP contribution in [-0.4, -0.2) is 33.5 Å². The maximum atomic E-state index is 12.9. The lowest BCUT2D eigenvalue weighted by Crippen LogP contribution is -2.24. The molecule has 0 atom stereocenters. The van der Waals surface area contributed by atoms with E-state index in [1.807, 2.05) is 19.1 Å². The summed E-state index contributed by atoms with van der Waals surface area (Å²) in [5, 5.41) is 4.42. The first-order valence-electron chi connectivity index (χ1n) is 11.1. The van der Waals surface area contributed by atoms with Crippen molar-refractivity contribution in [2.45, 2.75) is 45.8 Å². The van der Waals surface area contributed by atoms with Gasteiger partial charge in [-0.15, -0.1) is 5.10 Å². The predicted molar refractivity (Wildman–Crippen MR) is 132 cm³/mol. The molecule has 0 fully saturated rings. The SMILES string of the molecule is CCCn1c(CCc2ccc(OCC(=O)OCC)c(I)c2)nn(-c2ccc(C(F)(F)F)cc2)c1=O. The lowest BCUT2D eigenvalue weighted by atomic mass is 10.1. The molecule has 0 aliphatic rings. The van der Waals surface area contributed by atoms with Crippen molar-refractivity contribution in [3.63, 3.8) is 0 Å². The monoisotopic (exact) mass is 603 g/mol. The molecule has 188 valence electrons. The molecule has 0 aliphatic heterocycles. The van der Waals surface area contributed by atoms with E-state index < -0.39 is 17.7 Å². The Labute approximate surface area is 214 Å². The summed E-state index contributed by atoms with van der Waals surface area (Å²) >= 11 is 2.12. The van der Waals surface area contributed by atoms with Crippen LogP contribution < -0.4 is 10.4 Å². The van der Waals surface area contributed by atoms with Crippen molar-refractivity contribution in [2.24, 2.45) is 0 Å². The lowest BCUT2D eigenvalue weighted by Gasteiger charge is -2.09. The van der Waals surface area contributed by atoms with Gasteiger partial charge in [0.05, 0.1) is 21.4 Å². The smallest absolute Gasteiger partial charge is 0.416 e. The van der Waals surface area contributed by atoms with Crippen molar-refractivity contribution >= 4 is 28.6 Å². The van der Waals surface area contributed by atoms with Crippen LogP contribution in [0.4, 0.5) is 13.2 Å². The molecule has 11 heteroatoms. The number of aromatic nitrogens is 3. The Hall–Kier alpha value is -2.83. The van der Waals surface area contributed by atoms with Gasteiger partial charge in [-0.25, -0.2) is 9.59 Å². The van der Waals surface area contributed by atoms with E-state index in [0.29, 0.717) is 37.4 Å². The van der Waals surface area contributed by atoms with Crippen LogP contribution in [0, 0.1) is 3.57 Å². The molecular weight excluding hydrogens is 578 g/mol. The third-order valence-corrected chi connectivity index (χ3v) is 5.95. The Morgan fingerprint density at radius 3 is 2.40 bits per heavy atom. The summed E-state index contributed by atoms with van der Waals surface area (Å²) in [6.45, 7) is 4.23. The highest BCUT2D eigenvalue weighted by molar-refractivity contribution is 14.1. The summed E-state index contributed by atoms with van der Waals surface area (Å²) in [5.41, 5.74) is 0.0833. The molecule has 0 radical (unpaired) electrons. The van der Waals surface area contributed by atoms with Gasteiger partial charge >= 0.3 is 17.8 Å². The van der Waals surface area contributed by atoms with E-state index in [0.717, 1.165) is 25.9 Å². The first-order chi connectivity index (χ1) is 16.6. The Kier molecular flexibility index (Phi) is 8.98. The number of halogens is 4. The molecule has 0 aliphatic carbocycles. The van der Waals surface area contributed by atoms with E-state index >= 15 is 0 Å². The number of aryl methyl sites for hydroxylation is 2. The summed E-state index contributed by atoms with van der Waals surface area (Å²) in [4.78, 5) is 24.4. The fourth-order valence-electron chi connectivity index (χ4n) is 3.44. The number of ether oxygens (including phenoxy) is 2. The van der Waals surface area contributed by atoms with Gasteiger partial charge in [-0.3, -0.25) is 4.57 Å². The number of alkyl halides is 3. The highest BCUT2D eigenvalue weighted by Crippen LogP contribution is 2.29. The number of carbonyl (C=O) groups excluding carboxylic acids is 1. The van der Waals surface area contributed by atoms with Crippen LogP contribution in [0.1, 0.15) is 37.2 Å². The van der Waals surface area contributed by atoms with Gasteiger partial charge in [0.1, 0.15) is 11.6 Å². The normalized spacial score (nSPS) is 11.5. The number of rotatable bonds is 10. The van der Waals surface area contributed by atoms with Gasteiger partial charge in [0.25, 0.3) is 0 Å². The zero-order valence-corrected chi connectivity index (χ0v) is 21.4. The van der Waals surface area contributed by atoms with E-state index in [-0.39, 0.29) is 24.6 Å². The fourth-order valence-corrected chi connectivity index (χ4v) is 4.18. The van der Waals surface area contributed by atoms with Crippen molar-refractivity contribution in [1.29, 1.82) is 0 Å². The van der Waals surface area contributed by atoms with Crippen LogP contribution >= 0.6 is 22.6 Å². The summed E-state index contributed by atoms with van der Waals surface area (Å²) in [6, 6.07) is 9.94. The second-order valence-electron chi connectivity index (χ2n) is 7.67. The molecule has 0 N–H and O–H groups in total. The second-order valence-corrected chi connectivity index (χ2v) is 8.83. The van der Waals surface area contributed by atoms with Crippen molar-refractivity contribution in [2.75, 3.05) is 13.2 Å². The summed E-state index contributed by atoms with van der Waals surface area (Å²) < 4.78 is 52.5. The number of hydrogen-bond acceptors (Lipinski definition) is 5. The minimum Gasteiger partial charge on any atom is -0.481 e. The number of carbonyl (C=O) groups is 1. The molecule has 0 saturated heterocycles. The van der Waals surface area contributed by atoms with Gasteiger partial charge in [-0.1, -0.05) is 13.0 Å². The molecule has 0 saturated carbocycles. The molecule has 1 heterocycles. The van der Waals surface area contributed by atoms with Gasteiger partial charge in [-0.2, -0.15) is 17.9 Å². The molecular formula is C24H25F3IN3O4. The quantitative estimate of drug-likeness (QED) is 0.246. The topological polar surface area (TPSA) is 75.3 Å². The molecule has 2 aromatic carbocycles. The van der Waals surface area contributed by atoms with Crippen molar-refractivity contribution in [3.05, 3.63) is 73.5 Å². The molecule has 0 bridgehead atoms. The largest absolute Gasteiger partial charge is 0.481 e. The maximum Gasteiger partial charge on any atom is 0.416 e. The Balaban J connectivity index is 1.76. The zero-order valence-electron chi connectivity index (χ0n) is 19.3. The molecule has 7 nitrogen and oxygen atoms in total. The van der Waals surface area contributed by atoms with E-state index in [1.54, 1.807) is 17.6 Å².